The van der Waals surface area contributed by atoms with E-state index in [0.29, 0.717) is 5.82 Å². The van der Waals surface area contributed by atoms with Crippen LogP contribution < -0.4 is 10.1 Å². The normalized spacial score (nSPS) is 17.0. The first kappa shape index (κ1) is 9.94. The van der Waals surface area contributed by atoms with Gasteiger partial charge in [0.25, 0.3) is 5.82 Å². The summed E-state index contributed by atoms with van der Waals surface area (Å²) in [5, 5.41) is 3.28. The van der Waals surface area contributed by atoms with E-state index in [4.69, 9.17) is 11.3 Å². The minimum Gasteiger partial charge on any atom is -0.487 e. The maximum Gasteiger partial charge on any atom is 0.269 e. The molecule has 1 fully saturated rings. The van der Waals surface area contributed by atoms with Gasteiger partial charge in [0.1, 0.15) is 6.10 Å². The van der Waals surface area contributed by atoms with Crippen molar-refractivity contribution in [3.63, 3.8) is 0 Å². The van der Waals surface area contributed by atoms with Gasteiger partial charge < -0.3 is 14.9 Å². The van der Waals surface area contributed by atoms with E-state index >= 15 is 0 Å². The van der Waals surface area contributed by atoms with Gasteiger partial charge in [-0.3, -0.25) is 0 Å². The maximum absolute atomic E-state index is 6.78. The molecule has 0 atom stereocenters. The van der Waals surface area contributed by atoms with Crippen molar-refractivity contribution < 1.29 is 4.74 Å². The number of nitrogens with one attached hydrogen (secondary N) is 1. The Labute approximate surface area is 89.1 Å². The van der Waals surface area contributed by atoms with Crippen LogP contribution in [0.5, 0.6) is 5.75 Å². The van der Waals surface area contributed by atoms with E-state index in [9.17, 15) is 0 Å². The van der Waals surface area contributed by atoms with Crippen LogP contribution >= 0.6 is 0 Å². The van der Waals surface area contributed by atoms with Crippen LogP contribution in [0.25, 0.3) is 4.85 Å². The van der Waals surface area contributed by atoms with E-state index in [0.717, 1.165) is 31.7 Å². The minimum atomic E-state index is 0.284. The van der Waals surface area contributed by atoms with Crippen molar-refractivity contribution in [3.05, 3.63) is 29.7 Å². The molecular formula is C11H13N3O. The number of rotatable bonds is 2. The lowest BCUT2D eigenvalue weighted by atomic mass is 10.1. The fraction of sp³-hybridized carbons (Fsp3) is 0.455. The van der Waals surface area contributed by atoms with Gasteiger partial charge in [0.15, 0.2) is 11.9 Å². The average Bonchev–Trinajstić information content (AvgIpc) is 2.31. The highest BCUT2D eigenvalue weighted by Gasteiger charge is 2.14. The van der Waals surface area contributed by atoms with Gasteiger partial charge in [-0.25, -0.2) is 0 Å². The monoisotopic (exact) mass is 203 g/mol. The van der Waals surface area contributed by atoms with E-state index in [1.54, 1.807) is 12.3 Å². The van der Waals surface area contributed by atoms with Gasteiger partial charge in [-0.1, -0.05) is 6.57 Å². The lowest BCUT2D eigenvalue weighted by Gasteiger charge is -2.23. The third-order valence-corrected chi connectivity index (χ3v) is 2.42. The van der Waals surface area contributed by atoms with E-state index < -0.39 is 0 Å². The van der Waals surface area contributed by atoms with Crippen molar-refractivity contribution in [1.82, 2.24) is 10.3 Å². The topological polar surface area (TPSA) is 38.5 Å². The molecule has 0 saturated carbocycles. The zero-order valence-electron chi connectivity index (χ0n) is 8.44. The molecule has 78 valence electrons. The molecule has 4 heteroatoms. The van der Waals surface area contributed by atoms with Crippen molar-refractivity contribution in [1.29, 1.82) is 0 Å². The van der Waals surface area contributed by atoms with Crippen molar-refractivity contribution in [2.24, 2.45) is 0 Å². The predicted molar refractivity (Wildman–Crippen MR) is 57.0 cm³/mol. The molecule has 0 radical (unpaired) electrons. The first-order valence-corrected chi connectivity index (χ1v) is 5.09. The van der Waals surface area contributed by atoms with E-state index in [1.165, 1.54) is 0 Å². The second kappa shape index (κ2) is 4.76. The zero-order chi connectivity index (χ0) is 10.5. The fourth-order valence-electron chi connectivity index (χ4n) is 1.61. The van der Waals surface area contributed by atoms with Crippen molar-refractivity contribution in [3.8, 4) is 5.75 Å². The van der Waals surface area contributed by atoms with Crippen molar-refractivity contribution in [2.75, 3.05) is 13.1 Å². The SMILES string of the molecule is [C-]#[N+]c1ccc(OC2CCNCC2)cn1. The second-order valence-corrected chi connectivity index (χ2v) is 3.53. The molecule has 1 aromatic rings. The van der Waals surface area contributed by atoms with Crippen LogP contribution in [0.1, 0.15) is 12.8 Å². The largest absolute Gasteiger partial charge is 0.487 e. The first-order valence-electron chi connectivity index (χ1n) is 5.09. The van der Waals surface area contributed by atoms with Crippen LogP contribution in [0, 0.1) is 6.57 Å². The molecule has 4 nitrogen and oxygen atoms in total. The van der Waals surface area contributed by atoms with Crippen LogP contribution in [0.3, 0.4) is 0 Å². The van der Waals surface area contributed by atoms with E-state index in [-0.39, 0.29) is 6.10 Å². The van der Waals surface area contributed by atoms with Gasteiger partial charge in [0.2, 0.25) is 0 Å². The molecule has 1 aromatic heterocycles. The summed E-state index contributed by atoms with van der Waals surface area (Å²) in [6.07, 6.45) is 3.97. The predicted octanol–water partition coefficient (Wildman–Crippen LogP) is 1.76. The third kappa shape index (κ3) is 2.67. The summed E-state index contributed by atoms with van der Waals surface area (Å²) in [5.41, 5.74) is 0. The highest BCUT2D eigenvalue weighted by Crippen LogP contribution is 2.18. The molecule has 0 aromatic carbocycles. The highest BCUT2D eigenvalue weighted by atomic mass is 16.5. The van der Waals surface area contributed by atoms with Gasteiger partial charge in [0.05, 0.1) is 0 Å². The molecule has 15 heavy (non-hydrogen) atoms. The number of aromatic nitrogens is 1. The molecule has 2 heterocycles. The van der Waals surface area contributed by atoms with Crippen molar-refractivity contribution >= 4 is 5.82 Å². The van der Waals surface area contributed by atoms with Gasteiger partial charge in [0, 0.05) is 0 Å². The standard InChI is InChI=1S/C11H13N3O/c1-12-11-3-2-10(8-14-11)15-9-4-6-13-7-5-9/h2-3,8-9,13H,4-7H2. The number of nitrogens with zero attached hydrogens (tertiary/aromatic N) is 2. The Morgan fingerprint density at radius 3 is 2.80 bits per heavy atom. The molecule has 1 aliphatic rings. The smallest absolute Gasteiger partial charge is 0.269 e. The van der Waals surface area contributed by atoms with E-state index in [2.05, 4.69) is 15.1 Å². The number of hydrogen-bond donors (Lipinski definition) is 1. The Morgan fingerprint density at radius 1 is 1.40 bits per heavy atom. The van der Waals surface area contributed by atoms with Crippen LogP contribution in [-0.2, 0) is 0 Å². The van der Waals surface area contributed by atoms with Gasteiger partial charge in [-0.15, -0.1) is 4.98 Å². The van der Waals surface area contributed by atoms with Gasteiger partial charge in [-0.05, 0) is 38.1 Å². The molecule has 0 bridgehead atoms. The lowest BCUT2D eigenvalue weighted by molar-refractivity contribution is 0.162. The molecular weight excluding hydrogens is 190 g/mol. The summed E-state index contributed by atoms with van der Waals surface area (Å²) in [5.74, 6) is 1.17. The lowest BCUT2D eigenvalue weighted by Crippen LogP contribution is -2.34. The molecule has 1 aliphatic heterocycles. The number of ether oxygens (including phenoxy) is 1. The van der Waals surface area contributed by atoms with Crippen LogP contribution in [0.15, 0.2) is 18.3 Å². The molecule has 2 rings (SSSR count). The summed E-state index contributed by atoms with van der Waals surface area (Å²) >= 11 is 0. The Hall–Kier alpha value is -1.60. The Kier molecular flexibility index (Phi) is 3.15. The average molecular weight is 203 g/mol. The Bertz CT molecular complexity index is 349. The molecule has 1 saturated heterocycles. The number of piperidine rings is 1. The summed E-state index contributed by atoms with van der Waals surface area (Å²) in [6.45, 7) is 8.80. The number of pyridine rings is 1. The quantitative estimate of drug-likeness (QED) is 0.744. The van der Waals surface area contributed by atoms with Gasteiger partial charge >= 0.3 is 0 Å². The third-order valence-electron chi connectivity index (χ3n) is 2.42. The number of hydrogen-bond acceptors (Lipinski definition) is 3. The summed E-state index contributed by atoms with van der Waals surface area (Å²) in [7, 11) is 0. The fourth-order valence-corrected chi connectivity index (χ4v) is 1.61. The van der Waals surface area contributed by atoms with Gasteiger partial charge in [-0.2, -0.15) is 0 Å². The molecule has 1 N–H and O–H groups in total. The molecule has 0 amide bonds. The summed E-state index contributed by atoms with van der Waals surface area (Å²) in [6, 6.07) is 3.49. The zero-order valence-corrected chi connectivity index (χ0v) is 8.44. The molecule has 0 spiro atoms. The summed E-state index contributed by atoms with van der Waals surface area (Å²) < 4.78 is 5.75. The molecule has 0 unspecified atom stereocenters. The van der Waals surface area contributed by atoms with Crippen LogP contribution in [0.4, 0.5) is 5.82 Å². The minimum absolute atomic E-state index is 0.284. The Balaban J connectivity index is 1.95. The van der Waals surface area contributed by atoms with Crippen molar-refractivity contribution in [2.45, 2.75) is 18.9 Å². The molecule has 0 aliphatic carbocycles. The Morgan fingerprint density at radius 2 is 2.20 bits per heavy atom. The first-order chi connectivity index (χ1) is 7.38. The van der Waals surface area contributed by atoms with E-state index in [1.807, 2.05) is 6.07 Å². The highest BCUT2D eigenvalue weighted by molar-refractivity contribution is 5.38. The maximum atomic E-state index is 6.78. The second-order valence-electron chi connectivity index (χ2n) is 3.53. The van der Waals surface area contributed by atoms with Crippen LogP contribution in [-0.4, -0.2) is 24.2 Å². The summed E-state index contributed by atoms with van der Waals surface area (Å²) in [4.78, 5) is 7.20. The van der Waals surface area contributed by atoms with Crippen LogP contribution in [0.2, 0.25) is 0 Å².